The van der Waals surface area contributed by atoms with Gasteiger partial charge in [-0.15, -0.1) is 0 Å². The second kappa shape index (κ2) is 7.55. The molecule has 0 aliphatic heterocycles. The smallest absolute Gasteiger partial charge is 0.127 e. The molecule has 5 heteroatoms. The SMILES string of the molecule is COc1ccc(CNCCCn2ccnc2)c(OC)c1. The lowest BCUT2D eigenvalue weighted by Gasteiger charge is -2.11. The topological polar surface area (TPSA) is 48.3 Å². The van der Waals surface area contributed by atoms with Crippen LogP contribution in [0.2, 0.25) is 0 Å². The van der Waals surface area contributed by atoms with Crippen molar-refractivity contribution >= 4 is 0 Å². The number of benzene rings is 1. The van der Waals surface area contributed by atoms with Crippen molar-refractivity contribution in [3.05, 3.63) is 42.5 Å². The van der Waals surface area contributed by atoms with Gasteiger partial charge >= 0.3 is 0 Å². The number of methoxy groups -OCH3 is 2. The van der Waals surface area contributed by atoms with E-state index in [1.165, 1.54) is 0 Å². The van der Waals surface area contributed by atoms with Crippen LogP contribution in [-0.2, 0) is 13.1 Å². The number of nitrogens with zero attached hydrogens (tertiary/aromatic N) is 2. The minimum Gasteiger partial charge on any atom is -0.497 e. The quantitative estimate of drug-likeness (QED) is 0.749. The van der Waals surface area contributed by atoms with Gasteiger partial charge in [-0.1, -0.05) is 6.07 Å². The highest BCUT2D eigenvalue weighted by Crippen LogP contribution is 2.24. The molecule has 5 nitrogen and oxygen atoms in total. The van der Waals surface area contributed by atoms with E-state index in [9.17, 15) is 0 Å². The van der Waals surface area contributed by atoms with Crippen molar-refractivity contribution in [3.63, 3.8) is 0 Å². The Labute approximate surface area is 119 Å². The molecule has 1 N–H and O–H groups in total. The molecule has 0 radical (unpaired) electrons. The van der Waals surface area contributed by atoms with E-state index in [0.717, 1.165) is 43.1 Å². The van der Waals surface area contributed by atoms with Gasteiger partial charge in [0.25, 0.3) is 0 Å². The number of aryl methyl sites for hydroxylation is 1. The van der Waals surface area contributed by atoms with Gasteiger partial charge in [0.2, 0.25) is 0 Å². The van der Waals surface area contributed by atoms with Gasteiger partial charge in [0.15, 0.2) is 0 Å². The first kappa shape index (κ1) is 14.4. The van der Waals surface area contributed by atoms with E-state index in [1.807, 2.05) is 30.7 Å². The zero-order chi connectivity index (χ0) is 14.2. The minimum atomic E-state index is 0.789. The summed E-state index contributed by atoms with van der Waals surface area (Å²) in [5.74, 6) is 1.66. The zero-order valence-electron chi connectivity index (χ0n) is 12.0. The third kappa shape index (κ3) is 3.99. The monoisotopic (exact) mass is 275 g/mol. The molecule has 20 heavy (non-hydrogen) atoms. The number of hydrogen-bond acceptors (Lipinski definition) is 4. The molecular formula is C15H21N3O2. The molecule has 0 fully saturated rings. The van der Waals surface area contributed by atoms with Gasteiger partial charge in [-0.05, 0) is 19.0 Å². The third-order valence-electron chi connectivity index (χ3n) is 3.14. The van der Waals surface area contributed by atoms with Gasteiger partial charge in [-0.25, -0.2) is 4.98 Å². The van der Waals surface area contributed by atoms with Gasteiger partial charge in [-0.3, -0.25) is 0 Å². The van der Waals surface area contributed by atoms with Crippen molar-refractivity contribution in [1.82, 2.24) is 14.9 Å². The van der Waals surface area contributed by atoms with Gasteiger partial charge in [0, 0.05) is 37.1 Å². The van der Waals surface area contributed by atoms with Crippen LogP contribution >= 0.6 is 0 Å². The van der Waals surface area contributed by atoms with Crippen molar-refractivity contribution in [1.29, 1.82) is 0 Å². The Morgan fingerprint density at radius 2 is 2.15 bits per heavy atom. The Morgan fingerprint density at radius 1 is 1.25 bits per heavy atom. The summed E-state index contributed by atoms with van der Waals surface area (Å²) in [5, 5.41) is 3.42. The number of rotatable bonds is 8. The lowest BCUT2D eigenvalue weighted by molar-refractivity contribution is 0.389. The molecule has 1 aromatic carbocycles. The standard InChI is InChI=1S/C15H21N3O2/c1-19-14-5-4-13(15(10-14)20-2)11-16-6-3-8-18-9-7-17-12-18/h4-5,7,9-10,12,16H,3,6,8,11H2,1-2H3. The molecule has 0 saturated carbocycles. The maximum Gasteiger partial charge on any atom is 0.127 e. The number of hydrogen-bond donors (Lipinski definition) is 1. The van der Waals surface area contributed by atoms with Gasteiger partial charge in [-0.2, -0.15) is 0 Å². The fourth-order valence-electron chi connectivity index (χ4n) is 2.03. The van der Waals surface area contributed by atoms with Crippen LogP contribution in [0.3, 0.4) is 0 Å². The molecule has 0 saturated heterocycles. The Kier molecular flexibility index (Phi) is 5.43. The molecule has 1 aromatic heterocycles. The Hall–Kier alpha value is -2.01. The van der Waals surface area contributed by atoms with Crippen LogP contribution in [0.1, 0.15) is 12.0 Å². The van der Waals surface area contributed by atoms with Crippen LogP contribution in [0.5, 0.6) is 11.5 Å². The van der Waals surface area contributed by atoms with Crippen molar-refractivity contribution in [2.45, 2.75) is 19.5 Å². The highest BCUT2D eigenvalue weighted by molar-refractivity contribution is 5.40. The third-order valence-corrected chi connectivity index (χ3v) is 3.14. The largest absolute Gasteiger partial charge is 0.497 e. The van der Waals surface area contributed by atoms with E-state index in [2.05, 4.69) is 14.9 Å². The normalized spacial score (nSPS) is 10.5. The lowest BCUT2D eigenvalue weighted by Crippen LogP contribution is -2.16. The summed E-state index contributed by atoms with van der Waals surface area (Å²) < 4.78 is 12.6. The first-order valence-corrected chi connectivity index (χ1v) is 6.71. The molecule has 2 aromatic rings. The first-order valence-electron chi connectivity index (χ1n) is 6.71. The van der Waals surface area contributed by atoms with Crippen LogP contribution in [0.15, 0.2) is 36.9 Å². The minimum absolute atomic E-state index is 0.789. The molecule has 2 rings (SSSR count). The Bertz CT molecular complexity index is 512. The Morgan fingerprint density at radius 3 is 2.85 bits per heavy atom. The average Bonchev–Trinajstić information content (AvgIpc) is 3.00. The van der Waals surface area contributed by atoms with Crippen LogP contribution in [0, 0.1) is 0 Å². The van der Waals surface area contributed by atoms with E-state index in [4.69, 9.17) is 9.47 Å². The molecule has 0 spiro atoms. The highest BCUT2D eigenvalue weighted by atomic mass is 16.5. The van der Waals surface area contributed by atoms with E-state index < -0.39 is 0 Å². The number of imidazole rings is 1. The highest BCUT2D eigenvalue weighted by Gasteiger charge is 2.04. The maximum absolute atomic E-state index is 5.37. The molecule has 0 aliphatic carbocycles. The number of nitrogens with one attached hydrogen (secondary N) is 1. The van der Waals surface area contributed by atoms with Crippen LogP contribution in [0.4, 0.5) is 0 Å². The van der Waals surface area contributed by atoms with Gasteiger partial charge in [0.1, 0.15) is 11.5 Å². The van der Waals surface area contributed by atoms with Crippen LogP contribution in [-0.4, -0.2) is 30.3 Å². The van der Waals surface area contributed by atoms with E-state index >= 15 is 0 Å². The fraction of sp³-hybridized carbons (Fsp3) is 0.400. The number of aromatic nitrogens is 2. The molecule has 0 atom stereocenters. The van der Waals surface area contributed by atoms with Gasteiger partial charge in [0.05, 0.1) is 20.5 Å². The summed E-state index contributed by atoms with van der Waals surface area (Å²) in [6, 6.07) is 5.88. The van der Waals surface area contributed by atoms with Crippen molar-refractivity contribution in [2.75, 3.05) is 20.8 Å². The second-order valence-corrected chi connectivity index (χ2v) is 4.51. The van der Waals surface area contributed by atoms with E-state index in [1.54, 1.807) is 20.4 Å². The molecule has 0 amide bonds. The lowest BCUT2D eigenvalue weighted by atomic mass is 10.2. The summed E-state index contributed by atoms with van der Waals surface area (Å²) in [7, 11) is 3.33. The zero-order valence-corrected chi connectivity index (χ0v) is 12.0. The fourth-order valence-corrected chi connectivity index (χ4v) is 2.03. The molecule has 0 unspecified atom stereocenters. The molecule has 0 bridgehead atoms. The molecule has 0 aliphatic rings. The Balaban J connectivity index is 1.76. The molecular weight excluding hydrogens is 254 g/mol. The number of ether oxygens (including phenoxy) is 2. The van der Waals surface area contributed by atoms with E-state index in [-0.39, 0.29) is 0 Å². The summed E-state index contributed by atoms with van der Waals surface area (Å²) >= 11 is 0. The molecule has 108 valence electrons. The van der Waals surface area contributed by atoms with Crippen molar-refractivity contribution < 1.29 is 9.47 Å². The summed E-state index contributed by atoms with van der Waals surface area (Å²) in [6.45, 7) is 2.72. The van der Waals surface area contributed by atoms with Gasteiger partial charge < -0.3 is 19.4 Å². The first-order chi connectivity index (χ1) is 9.83. The van der Waals surface area contributed by atoms with E-state index in [0.29, 0.717) is 0 Å². The van der Waals surface area contributed by atoms with Crippen LogP contribution in [0.25, 0.3) is 0 Å². The predicted octanol–water partition coefficient (Wildman–Crippen LogP) is 2.08. The predicted molar refractivity (Wildman–Crippen MR) is 78.1 cm³/mol. The average molecular weight is 275 g/mol. The van der Waals surface area contributed by atoms with Crippen LogP contribution < -0.4 is 14.8 Å². The maximum atomic E-state index is 5.37. The summed E-state index contributed by atoms with van der Waals surface area (Å²) in [4.78, 5) is 4.02. The second-order valence-electron chi connectivity index (χ2n) is 4.51. The summed E-state index contributed by atoms with van der Waals surface area (Å²) in [5.41, 5.74) is 1.14. The molecule has 1 heterocycles. The summed E-state index contributed by atoms with van der Waals surface area (Å²) in [6.07, 6.45) is 6.68. The van der Waals surface area contributed by atoms with Crippen molar-refractivity contribution in [3.8, 4) is 11.5 Å². The van der Waals surface area contributed by atoms with Crippen molar-refractivity contribution in [2.24, 2.45) is 0 Å².